The van der Waals surface area contributed by atoms with Crippen LogP contribution in [0.3, 0.4) is 0 Å². The van der Waals surface area contributed by atoms with Gasteiger partial charge in [0.05, 0.1) is 5.56 Å². The minimum Gasteiger partial charge on any atom is -0.369 e. The number of aldehydes is 1. The van der Waals surface area contributed by atoms with Gasteiger partial charge >= 0.3 is 0 Å². The van der Waals surface area contributed by atoms with E-state index in [-0.39, 0.29) is 5.15 Å². The highest BCUT2D eigenvalue weighted by Gasteiger charge is 2.15. The molecule has 1 aliphatic heterocycles. The van der Waals surface area contributed by atoms with E-state index in [0.29, 0.717) is 29.4 Å². The van der Waals surface area contributed by atoms with Crippen molar-refractivity contribution in [1.29, 1.82) is 0 Å². The molecule has 0 spiro atoms. The van der Waals surface area contributed by atoms with E-state index in [4.69, 9.17) is 11.6 Å². The molecular weight excluding hydrogens is 288 g/mol. The number of rotatable bonds is 6. The Kier molecular flexibility index (Phi) is 5.94. The van der Waals surface area contributed by atoms with Crippen LogP contribution < -0.4 is 5.32 Å². The minimum absolute atomic E-state index is 0.212. The predicted molar refractivity (Wildman–Crippen MR) is 85.1 cm³/mol. The summed E-state index contributed by atoms with van der Waals surface area (Å²) in [4.78, 5) is 21.9. The van der Waals surface area contributed by atoms with Crippen molar-refractivity contribution in [3.63, 3.8) is 0 Å². The van der Waals surface area contributed by atoms with E-state index in [1.54, 1.807) is 6.92 Å². The molecule has 6 heteroatoms. The van der Waals surface area contributed by atoms with Gasteiger partial charge in [-0.2, -0.15) is 0 Å². The fourth-order valence-corrected chi connectivity index (χ4v) is 2.96. The third kappa shape index (κ3) is 4.64. The number of anilines is 1. The lowest BCUT2D eigenvalue weighted by atomic mass is 10.1. The van der Waals surface area contributed by atoms with E-state index in [0.717, 1.165) is 13.1 Å². The number of nitrogens with one attached hydrogen (secondary N) is 1. The van der Waals surface area contributed by atoms with Crippen LogP contribution in [0.2, 0.25) is 5.15 Å². The number of hydrogen-bond acceptors (Lipinski definition) is 5. The molecule has 0 aromatic carbocycles. The summed E-state index contributed by atoms with van der Waals surface area (Å²) in [6, 6.07) is 0. The third-order valence-electron chi connectivity index (χ3n) is 3.77. The summed E-state index contributed by atoms with van der Waals surface area (Å²) in [6.45, 7) is 8.21. The van der Waals surface area contributed by atoms with Gasteiger partial charge in [-0.1, -0.05) is 24.9 Å². The minimum atomic E-state index is 0.212. The van der Waals surface area contributed by atoms with Crippen molar-refractivity contribution >= 4 is 23.7 Å². The normalized spacial score (nSPS) is 17.5. The summed E-state index contributed by atoms with van der Waals surface area (Å²) in [5, 5.41) is 3.45. The molecule has 0 aliphatic carbocycles. The fraction of sp³-hybridized carbons (Fsp3) is 0.667. The highest BCUT2D eigenvalue weighted by atomic mass is 35.5. The van der Waals surface area contributed by atoms with Gasteiger partial charge < -0.3 is 10.2 Å². The second-order valence-electron chi connectivity index (χ2n) is 5.79. The lowest BCUT2D eigenvalue weighted by Crippen LogP contribution is -2.35. The van der Waals surface area contributed by atoms with Crippen LogP contribution in [0.5, 0.6) is 0 Å². The van der Waals surface area contributed by atoms with Crippen LogP contribution in [0, 0.1) is 12.8 Å². The predicted octanol–water partition coefficient (Wildman–Crippen LogP) is 2.78. The molecule has 116 valence electrons. The second-order valence-corrected chi connectivity index (χ2v) is 6.15. The summed E-state index contributed by atoms with van der Waals surface area (Å²) >= 11 is 5.98. The number of hydrogen-bond donors (Lipinski definition) is 1. The number of carbonyl (C=O) groups is 1. The van der Waals surface area contributed by atoms with Gasteiger partial charge in [0.15, 0.2) is 6.29 Å². The number of nitrogens with zero attached hydrogens (tertiary/aromatic N) is 3. The number of piperidine rings is 1. The zero-order chi connectivity index (χ0) is 15.2. The van der Waals surface area contributed by atoms with Gasteiger partial charge in [-0.3, -0.25) is 4.79 Å². The first kappa shape index (κ1) is 16.2. The molecule has 2 heterocycles. The third-order valence-corrected chi connectivity index (χ3v) is 4.05. The van der Waals surface area contributed by atoms with E-state index < -0.39 is 0 Å². The molecule has 0 saturated carbocycles. The Labute approximate surface area is 131 Å². The number of aryl methyl sites for hydroxylation is 1. The molecule has 1 aliphatic rings. The summed E-state index contributed by atoms with van der Waals surface area (Å²) in [7, 11) is 0. The summed E-state index contributed by atoms with van der Waals surface area (Å²) in [6.07, 6.45) is 4.66. The standard InChI is InChI=1S/C15H23ClN4O/c1-11(9-20-6-4-3-5-7-20)8-17-15-13(10-21)14(16)18-12(2)19-15/h10-11H,3-9H2,1-2H3,(H,17,18,19). The van der Waals surface area contributed by atoms with E-state index in [2.05, 4.69) is 27.1 Å². The Bertz CT molecular complexity index is 489. The van der Waals surface area contributed by atoms with E-state index in [1.165, 1.54) is 32.4 Å². The monoisotopic (exact) mass is 310 g/mol. The molecule has 1 N–H and O–H groups in total. The summed E-state index contributed by atoms with van der Waals surface area (Å²) < 4.78 is 0. The molecule has 1 unspecified atom stereocenters. The fourth-order valence-electron chi connectivity index (χ4n) is 2.70. The van der Waals surface area contributed by atoms with Crippen molar-refractivity contribution in [1.82, 2.24) is 14.9 Å². The first-order valence-electron chi connectivity index (χ1n) is 7.55. The van der Waals surface area contributed by atoms with Crippen molar-refractivity contribution in [2.24, 2.45) is 5.92 Å². The van der Waals surface area contributed by atoms with Crippen LogP contribution in [-0.2, 0) is 0 Å². The first-order chi connectivity index (χ1) is 10.1. The summed E-state index contributed by atoms with van der Waals surface area (Å²) in [5.41, 5.74) is 0.340. The molecule has 1 saturated heterocycles. The van der Waals surface area contributed by atoms with E-state index in [1.807, 2.05) is 0 Å². The number of halogens is 1. The molecule has 1 aromatic heterocycles. The smallest absolute Gasteiger partial charge is 0.156 e. The zero-order valence-corrected chi connectivity index (χ0v) is 13.5. The van der Waals surface area contributed by atoms with Crippen LogP contribution >= 0.6 is 11.6 Å². The molecule has 2 rings (SSSR count). The SMILES string of the molecule is Cc1nc(Cl)c(C=O)c(NCC(C)CN2CCCCC2)n1. The van der Waals surface area contributed by atoms with Crippen molar-refractivity contribution in [2.75, 3.05) is 31.5 Å². The molecule has 1 fully saturated rings. The Balaban J connectivity index is 1.91. The van der Waals surface area contributed by atoms with Gasteiger partial charge in [0, 0.05) is 13.1 Å². The Morgan fingerprint density at radius 3 is 2.71 bits per heavy atom. The first-order valence-corrected chi connectivity index (χ1v) is 7.93. The van der Waals surface area contributed by atoms with Crippen LogP contribution in [-0.4, -0.2) is 47.3 Å². The van der Waals surface area contributed by atoms with Gasteiger partial charge in [-0.05, 0) is 38.8 Å². The maximum atomic E-state index is 11.1. The van der Waals surface area contributed by atoms with Crippen molar-refractivity contribution in [2.45, 2.75) is 33.1 Å². The maximum Gasteiger partial charge on any atom is 0.156 e. The van der Waals surface area contributed by atoms with Gasteiger partial charge in [0.2, 0.25) is 0 Å². The second kappa shape index (κ2) is 7.71. The molecule has 0 bridgehead atoms. The van der Waals surface area contributed by atoms with E-state index in [9.17, 15) is 4.79 Å². The maximum absolute atomic E-state index is 11.1. The van der Waals surface area contributed by atoms with Crippen molar-refractivity contribution in [3.8, 4) is 0 Å². The average molecular weight is 311 g/mol. The van der Waals surface area contributed by atoms with Gasteiger partial charge in [-0.15, -0.1) is 0 Å². The molecule has 1 aromatic rings. The van der Waals surface area contributed by atoms with Gasteiger partial charge in [-0.25, -0.2) is 9.97 Å². The Hall–Kier alpha value is -1.20. The number of likely N-dealkylation sites (tertiary alicyclic amines) is 1. The summed E-state index contributed by atoms with van der Waals surface area (Å²) in [5.74, 6) is 1.58. The molecule has 0 amide bonds. The van der Waals surface area contributed by atoms with Gasteiger partial charge in [0.25, 0.3) is 0 Å². The highest BCUT2D eigenvalue weighted by molar-refractivity contribution is 6.32. The van der Waals surface area contributed by atoms with Crippen LogP contribution in [0.25, 0.3) is 0 Å². The molecule has 5 nitrogen and oxygen atoms in total. The average Bonchev–Trinajstić information content (AvgIpc) is 2.45. The van der Waals surface area contributed by atoms with E-state index >= 15 is 0 Å². The quantitative estimate of drug-likeness (QED) is 0.647. The Morgan fingerprint density at radius 2 is 2.05 bits per heavy atom. The largest absolute Gasteiger partial charge is 0.369 e. The zero-order valence-electron chi connectivity index (χ0n) is 12.7. The van der Waals surface area contributed by atoms with Crippen molar-refractivity contribution < 1.29 is 4.79 Å². The molecule has 0 radical (unpaired) electrons. The topological polar surface area (TPSA) is 58.1 Å². The Morgan fingerprint density at radius 1 is 1.33 bits per heavy atom. The molecule has 21 heavy (non-hydrogen) atoms. The lowest BCUT2D eigenvalue weighted by Gasteiger charge is -2.29. The lowest BCUT2D eigenvalue weighted by molar-refractivity contribution is 0.112. The van der Waals surface area contributed by atoms with Crippen LogP contribution in [0.4, 0.5) is 5.82 Å². The molecular formula is C15H23ClN4O. The highest BCUT2D eigenvalue weighted by Crippen LogP contribution is 2.19. The van der Waals surface area contributed by atoms with Crippen molar-refractivity contribution in [3.05, 3.63) is 16.5 Å². The van der Waals surface area contributed by atoms with Gasteiger partial charge in [0.1, 0.15) is 16.8 Å². The number of carbonyl (C=O) groups excluding carboxylic acids is 1. The number of aromatic nitrogens is 2. The van der Waals surface area contributed by atoms with Crippen LogP contribution in [0.15, 0.2) is 0 Å². The molecule has 1 atom stereocenters. The van der Waals surface area contributed by atoms with Crippen LogP contribution in [0.1, 0.15) is 42.4 Å².